The number of terminal acetylenes is 1. The van der Waals surface area contributed by atoms with Crippen molar-refractivity contribution >= 4 is 10.9 Å². The summed E-state index contributed by atoms with van der Waals surface area (Å²) in [6.45, 7) is 0.584. The molecule has 0 amide bonds. The van der Waals surface area contributed by atoms with E-state index in [1.165, 1.54) is 12.1 Å². The van der Waals surface area contributed by atoms with Crippen molar-refractivity contribution in [2.24, 2.45) is 0 Å². The van der Waals surface area contributed by atoms with Crippen molar-refractivity contribution in [3.8, 4) is 18.2 Å². The molecule has 0 saturated carbocycles. The fraction of sp³-hybridized carbons (Fsp3) is 0.233. The van der Waals surface area contributed by atoms with Gasteiger partial charge in [0.2, 0.25) is 5.88 Å². The molecule has 1 aromatic heterocycles. The van der Waals surface area contributed by atoms with E-state index in [1.807, 2.05) is 73.6 Å². The summed E-state index contributed by atoms with van der Waals surface area (Å²) in [7, 11) is 5.46. The van der Waals surface area contributed by atoms with Crippen molar-refractivity contribution in [3.05, 3.63) is 107 Å². The molecule has 1 heterocycles. The van der Waals surface area contributed by atoms with Gasteiger partial charge in [-0.25, -0.2) is 9.37 Å². The number of hydrogen-bond acceptors (Lipinski definition) is 4. The van der Waals surface area contributed by atoms with E-state index in [0.717, 1.165) is 22.0 Å². The third-order valence-electron chi connectivity index (χ3n) is 6.35. The molecule has 0 aliphatic rings. The van der Waals surface area contributed by atoms with Gasteiger partial charge in [0.25, 0.3) is 0 Å². The van der Waals surface area contributed by atoms with Gasteiger partial charge in [-0.05, 0) is 68.0 Å². The van der Waals surface area contributed by atoms with Crippen LogP contribution in [0.1, 0.15) is 34.6 Å². The summed E-state index contributed by atoms with van der Waals surface area (Å²) in [5.74, 6) is 2.08. The zero-order valence-corrected chi connectivity index (χ0v) is 20.2. The van der Waals surface area contributed by atoms with Crippen LogP contribution in [0.15, 0.2) is 78.9 Å². The molecule has 0 spiro atoms. The Hall–Kier alpha value is -3.72. The normalized spacial score (nSPS) is 13.9. The molecule has 4 nitrogen and oxygen atoms in total. The average molecular weight is 469 g/mol. The highest BCUT2D eigenvalue weighted by Crippen LogP contribution is 2.47. The third kappa shape index (κ3) is 5.05. The van der Waals surface area contributed by atoms with Crippen LogP contribution in [-0.4, -0.2) is 42.7 Å². The Kier molecular flexibility index (Phi) is 7.16. The highest BCUT2D eigenvalue weighted by molar-refractivity contribution is 5.82. The van der Waals surface area contributed by atoms with Crippen LogP contribution in [0.3, 0.4) is 0 Å². The molecule has 0 radical (unpaired) electrons. The summed E-state index contributed by atoms with van der Waals surface area (Å²) in [6, 6.07) is 23.5. The van der Waals surface area contributed by atoms with Gasteiger partial charge in [-0.15, -0.1) is 6.42 Å². The molecule has 0 aliphatic heterocycles. The number of rotatable bonds is 8. The van der Waals surface area contributed by atoms with E-state index >= 15 is 0 Å². The maximum Gasteiger partial charge on any atom is 0.217 e. The number of pyridine rings is 1. The second-order valence-corrected chi connectivity index (χ2v) is 8.97. The predicted octanol–water partition coefficient (Wildman–Crippen LogP) is 5.34. The van der Waals surface area contributed by atoms with Crippen LogP contribution in [0.4, 0.5) is 4.39 Å². The molecule has 4 rings (SSSR count). The topological polar surface area (TPSA) is 45.6 Å². The van der Waals surface area contributed by atoms with Crippen LogP contribution in [0.2, 0.25) is 0 Å². The maximum atomic E-state index is 14.4. The summed E-state index contributed by atoms with van der Waals surface area (Å²) < 4.78 is 20.2. The largest absolute Gasteiger partial charge is 0.481 e. The highest BCUT2D eigenvalue weighted by atomic mass is 19.1. The third-order valence-corrected chi connectivity index (χ3v) is 6.35. The Balaban J connectivity index is 2.03. The van der Waals surface area contributed by atoms with Gasteiger partial charge >= 0.3 is 0 Å². The molecular formula is C30H29FN2O2. The van der Waals surface area contributed by atoms with Gasteiger partial charge in [0.15, 0.2) is 0 Å². The zero-order valence-electron chi connectivity index (χ0n) is 20.2. The minimum atomic E-state index is -1.46. The lowest BCUT2D eigenvalue weighted by molar-refractivity contribution is 0.00354. The minimum Gasteiger partial charge on any atom is -0.481 e. The molecule has 0 bridgehead atoms. The van der Waals surface area contributed by atoms with Crippen LogP contribution < -0.4 is 4.74 Å². The number of hydrogen-bond donors (Lipinski definition) is 1. The number of aliphatic hydroxyl groups is 1. The Morgan fingerprint density at radius 1 is 1.06 bits per heavy atom. The first-order chi connectivity index (χ1) is 16.9. The van der Waals surface area contributed by atoms with Crippen molar-refractivity contribution in [1.29, 1.82) is 0 Å². The summed E-state index contributed by atoms with van der Waals surface area (Å²) >= 11 is 0. The first-order valence-corrected chi connectivity index (χ1v) is 11.5. The Labute approximate surface area is 206 Å². The number of methoxy groups -OCH3 is 1. The van der Waals surface area contributed by atoms with E-state index in [4.69, 9.17) is 16.1 Å². The Morgan fingerprint density at radius 2 is 1.83 bits per heavy atom. The summed E-state index contributed by atoms with van der Waals surface area (Å²) in [6.07, 6.45) is 5.99. The first-order valence-electron chi connectivity index (χ1n) is 11.5. The van der Waals surface area contributed by atoms with E-state index in [0.29, 0.717) is 30.0 Å². The molecule has 1 N–H and O–H groups in total. The van der Waals surface area contributed by atoms with E-state index in [-0.39, 0.29) is 0 Å². The van der Waals surface area contributed by atoms with Crippen molar-refractivity contribution in [2.45, 2.75) is 17.9 Å². The van der Waals surface area contributed by atoms with E-state index < -0.39 is 17.3 Å². The molecule has 2 atom stereocenters. The van der Waals surface area contributed by atoms with Crippen molar-refractivity contribution in [2.75, 3.05) is 27.7 Å². The highest BCUT2D eigenvalue weighted by Gasteiger charge is 2.42. The number of aromatic nitrogens is 1. The lowest BCUT2D eigenvalue weighted by atomic mass is 9.71. The SMILES string of the molecule is C#Cc1ccc2nc(OC)c(C(c3ccccc3)C(O)(CCN(C)C)c3cccc(F)c3)cc2c1. The number of ether oxygens (including phenoxy) is 1. The monoisotopic (exact) mass is 468 g/mol. The number of fused-ring (bicyclic) bond motifs is 1. The van der Waals surface area contributed by atoms with Gasteiger partial charge < -0.3 is 14.7 Å². The molecule has 35 heavy (non-hydrogen) atoms. The van der Waals surface area contributed by atoms with Crippen LogP contribution in [0.25, 0.3) is 10.9 Å². The lowest BCUT2D eigenvalue weighted by Gasteiger charge is -2.39. The second kappa shape index (κ2) is 10.3. The Morgan fingerprint density at radius 3 is 2.49 bits per heavy atom. The van der Waals surface area contributed by atoms with Gasteiger partial charge in [0.1, 0.15) is 11.4 Å². The molecule has 3 aromatic carbocycles. The summed E-state index contributed by atoms with van der Waals surface area (Å²) in [5.41, 5.74) is 2.07. The van der Waals surface area contributed by atoms with Crippen LogP contribution in [0.5, 0.6) is 5.88 Å². The van der Waals surface area contributed by atoms with Crippen molar-refractivity contribution in [3.63, 3.8) is 0 Å². The second-order valence-electron chi connectivity index (χ2n) is 8.97. The van der Waals surface area contributed by atoms with Crippen LogP contribution in [0, 0.1) is 18.2 Å². The molecular weight excluding hydrogens is 439 g/mol. The summed E-state index contributed by atoms with van der Waals surface area (Å²) in [4.78, 5) is 6.75. The standard InChI is InChI=1S/C30H29FN2O2/c1-5-21-14-15-27-23(18-21)19-26(29(32-27)35-4)28(22-10-7-6-8-11-22)30(34,16-17-33(2)3)24-12-9-13-25(31)20-24/h1,6-15,18-20,28,34H,16-17H2,2-4H3. The van der Waals surface area contributed by atoms with E-state index in [2.05, 4.69) is 5.92 Å². The number of halogens is 1. The molecule has 0 saturated heterocycles. The van der Waals surface area contributed by atoms with E-state index in [1.54, 1.807) is 19.2 Å². The lowest BCUT2D eigenvalue weighted by Crippen LogP contribution is -2.38. The van der Waals surface area contributed by atoms with Gasteiger partial charge in [-0.1, -0.05) is 48.4 Å². The first kappa shape index (κ1) is 24.4. The molecule has 2 unspecified atom stereocenters. The smallest absolute Gasteiger partial charge is 0.217 e. The van der Waals surface area contributed by atoms with E-state index in [9.17, 15) is 9.50 Å². The Bertz CT molecular complexity index is 1360. The molecule has 5 heteroatoms. The molecule has 0 fully saturated rings. The maximum absolute atomic E-state index is 14.4. The van der Waals surface area contributed by atoms with Crippen molar-refractivity contribution in [1.82, 2.24) is 9.88 Å². The predicted molar refractivity (Wildman–Crippen MR) is 138 cm³/mol. The summed E-state index contributed by atoms with van der Waals surface area (Å²) in [5, 5.41) is 13.3. The average Bonchev–Trinajstić information content (AvgIpc) is 2.87. The van der Waals surface area contributed by atoms with Crippen LogP contribution in [-0.2, 0) is 5.60 Å². The number of nitrogens with zero attached hydrogens (tertiary/aromatic N) is 2. The minimum absolute atomic E-state index is 0.356. The molecule has 178 valence electrons. The van der Waals surface area contributed by atoms with Gasteiger partial charge in [0, 0.05) is 29.0 Å². The van der Waals surface area contributed by atoms with Gasteiger partial charge in [0.05, 0.1) is 12.6 Å². The quantitative estimate of drug-likeness (QED) is 0.355. The fourth-order valence-corrected chi connectivity index (χ4v) is 4.60. The number of benzene rings is 3. The van der Waals surface area contributed by atoms with Crippen molar-refractivity contribution < 1.29 is 14.2 Å². The van der Waals surface area contributed by atoms with Gasteiger partial charge in [-0.3, -0.25) is 0 Å². The zero-order chi connectivity index (χ0) is 25.0. The van der Waals surface area contributed by atoms with Gasteiger partial charge in [-0.2, -0.15) is 0 Å². The molecule has 4 aromatic rings. The molecule has 0 aliphatic carbocycles. The fourth-order valence-electron chi connectivity index (χ4n) is 4.60. The van der Waals surface area contributed by atoms with Crippen LogP contribution >= 0.6 is 0 Å².